The number of aromatic nitrogens is 1. The van der Waals surface area contributed by atoms with Crippen molar-refractivity contribution in [3.05, 3.63) is 16.1 Å². The van der Waals surface area contributed by atoms with Crippen molar-refractivity contribution in [1.29, 1.82) is 0 Å². The maximum Gasteiger partial charge on any atom is 0.350 e. The Morgan fingerprint density at radius 3 is 3.08 bits per heavy atom. The first-order valence-corrected chi connectivity index (χ1v) is 4.68. The summed E-state index contributed by atoms with van der Waals surface area (Å²) in [6.07, 6.45) is 0.818. The Morgan fingerprint density at radius 1 is 1.83 bits per heavy atom. The smallest absolute Gasteiger partial charge is 0.350 e. The number of carbonyl (C=O) groups is 1. The average Bonchev–Trinajstić information content (AvgIpc) is 2.47. The summed E-state index contributed by atoms with van der Waals surface area (Å²) < 4.78 is 8.62. The largest absolute Gasteiger partial charge is 0.461 e. The molecule has 0 aliphatic rings. The Kier molecular flexibility index (Phi) is 3.49. The summed E-state index contributed by atoms with van der Waals surface area (Å²) in [4.78, 5) is 11.6. The fourth-order valence-electron chi connectivity index (χ4n) is 0.616. The summed E-state index contributed by atoms with van der Waals surface area (Å²) in [6.45, 7) is 2.38. The van der Waals surface area contributed by atoms with Crippen LogP contribution in [0.5, 0.6) is 0 Å². The number of carbonyl (C=O) groups excluding carboxylic acids is 1. The van der Waals surface area contributed by atoms with Gasteiger partial charge in [0.2, 0.25) is 0 Å². The molecule has 66 valence electrons. The molecule has 0 amide bonds. The minimum Gasteiger partial charge on any atom is -0.461 e. The molecule has 1 aromatic heterocycles. The van der Waals surface area contributed by atoms with Gasteiger partial charge in [0.05, 0.1) is 6.61 Å². The van der Waals surface area contributed by atoms with Gasteiger partial charge >= 0.3 is 5.97 Å². The van der Waals surface area contributed by atoms with E-state index >= 15 is 0 Å². The average molecular weight is 206 g/mol. The van der Waals surface area contributed by atoms with E-state index in [1.54, 1.807) is 0 Å². The van der Waals surface area contributed by atoms with Crippen LogP contribution in [0.1, 0.15) is 23.0 Å². The van der Waals surface area contributed by atoms with E-state index < -0.39 is 0 Å². The molecule has 0 saturated carbocycles. The highest BCUT2D eigenvalue weighted by atomic mass is 35.5. The maximum atomic E-state index is 11.1. The Balaban J connectivity index is 2.53. The highest BCUT2D eigenvalue weighted by molar-refractivity contribution is 7.08. The zero-order chi connectivity index (χ0) is 8.97. The van der Waals surface area contributed by atoms with Crippen molar-refractivity contribution >= 4 is 29.1 Å². The van der Waals surface area contributed by atoms with Crippen LogP contribution in [-0.2, 0) is 4.74 Å². The molecule has 0 radical (unpaired) electrons. The molecule has 0 bridgehead atoms. The van der Waals surface area contributed by atoms with E-state index in [1.165, 1.54) is 6.07 Å². The summed E-state index contributed by atoms with van der Waals surface area (Å²) in [6, 6.07) is 1.50. The standard InChI is InChI=1S/C7H8ClNO2S/c1-2-3-11-7(10)5-4-6(8)9-12-5/h4H,2-3H2,1H3. The molecule has 0 unspecified atom stereocenters. The third-order valence-electron chi connectivity index (χ3n) is 1.12. The molecule has 0 saturated heterocycles. The molecule has 3 nitrogen and oxygen atoms in total. The lowest BCUT2D eigenvalue weighted by Gasteiger charge is -1.97. The second-order valence-electron chi connectivity index (χ2n) is 2.15. The molecule has 0 aliphatic carbocycles. The van der Waals surface area contributed by atoms with E-state index in [4.69, 9.17) is 16.3 Å². The number of esters is 1. The van der Waals surface area contributed by atoms with Crippen LogP contribution in [0.2, 0.25) is 5.15 Å². The highest BCUT2D eigenvalue weighted by Gasteiger charge is 2.10. The van der Waals surface area contributed by atoms with Crippen molar-refractivity contribution in [3.63, 3.8) is 0 Å². The van der Waals surface area contributed by atoms with Gasteiger partial charge in [0.25, 0.3) is 0 Å². The van der Waals surface area contributed by atoms with E-state index in [0.717, 1.165) is 18.0 Å². The van der Waals surface area contributed by atoms with E-state index in [9.17, 15) is 4.79 Å². The van der Waals surface area contributed by atoms with Gasteiger partial charge in [0.1, 0.15) is 10.0 Å². The molecule has 0 N–H and O–H groups in total. The second-order valence-corrected chi connectivity index (χ2v) is 3.34. The maximum absolute atomic E-state index is 11.1. The monoisotopic (exact) mass is 205 g/mol. The zero-order valence-corrected chi connectivity index (χ0v) is 8.11. The highest BCUT2D eigenvalue weighted by Crippen LogP contribution is 2.15. The fraction of sp³-hybridized carbons (Fsp3) is 0.429. The summed E-state index contributed by atoms with van der Waals surface area (Å²) in [5, 5.41) is 0.337. The summed E-state index contributed by atoms with van der Waals surface area (Å²) >= 11 is 6.58. The Morgan fingerprint density at radius 2 is 2.58 bits per heavy atom. The second kappa shape index (κ2) is 4.42. The van der Waals surface area contributed by atoms with Crippen LogP contribution in [0, 0.1) is 0 Å². The van der Waals surface area contributed by atoms with Gasteiger partial charge in [-0.1, -0.05) is 18.5 Å². The molecule has 0 atom stereocenters. The van der Waals surface area contributed by atoms with Crippen LogP contribution < -0.4 is 0 Å². The molecular formula is C7H8ClNO2S. The van der Waals surface area contributed by atoms with Crippen LogP contribution in [0.4, 0.5) is 0 Å². The first-order valence-electron chi connectivity index (χ1n) is 3.53. The van der Waals surface area contributed by atoms with Gasteiger partial charge in [-0.25, -0.2) is 4.79 Å². The van der Waals surface area contributed by atoms with Crippen LogP contribution in [-0.4, -0.2) is 16.9 Å². The third kappa shape index (κ3) is 2.46. The molecule has 1 aromatic rings. The van der Waals surface area contributed by atoms with Crippen LogP contribution in [0.15, 0.2) is 6.07 Å². The number of hydrogen-bond donors (Lipinski definition) is 0. The van der Waals surface area contributed by atoms with Crippen LogP contribution in [0.25, 0.3) is 0 Å². The first kappa shape index (κ1) is 9.48. The van der Waals surface area contributed by atoms with E-state index in [2.05, 4.69) is 4.37 Å². The Labute approximate surface area is 79.5 Å². The quantitative estimate of drug-likeness (QED) is 0.712. The van der Waals surface area contributed by atoms with Gasteiger partial charge in [0.15, 0.2) is 0 Å². The fourth-order valence-corrected chi connectivity index (χ4v) is 1.43. The zero-order valence-electron chi connectivity index (χ0n) is 6.54. The van der Waals surface area contributed by atoms with Crippen molar-refractivity contribution in [2.24, 2.45) is 0 Å². The predicted molar refractivity (Wildman–Crippen MR) is 47.7 cm³/mol. The summed E-state index contributed by atoms with van der Waals surface area (Å²) in [5.41, 5.74) is 0. The summed E-state index contributed by atoms with van der Waals surface area (Å²) in [7, 11) is 0. The lowest BCUT2D eigenvalue weighted by Crippen LogP contribution is -2.03. The van der Waals surface area contributed by atoms with E-state index in [-0.39, 0.29) is 5.97 Å². The molecule has 5 heteroatoms. The molecule has 0 spiro atoms. The van der Waals surface area contributed by atoms with Crippen LogP contribution >= 0.6 is 23.1 Å². The van der Waals surface area contributed by atoms with Gasteiger partial charge in [-0.05, 0) is 18.0 Å². The first-order chi connectivity index (χ1) is 5.74. The number of ether oxygens (including phenoxy) is 1. The van der Waals surface area contributed by atoms with Gasteiger partial charge in [-0.15, -0.1) is 0 Å². The number of halogens is 1. The van der Waals surface area contributed by atoms with Crippen LogP contribution in [0.3, 0.4) is 0 Å². The molecular weight excluding hydrogens is 198 g/mol. The lowest BCUT2D eigenvalue weighted by atomic mass is 10.5. The molecule has 0 aliphatic heterocycles. The van der Waals surface area contributed by atoms with Gasteiger partial charge in [-0.2, -0.15) is 4.37 Å². The summed E-state index contributed by atoms with van der Waals surface area (Å²) in [5.74, 6) is -0.346. The minimum absolute atomic E-state index is 0.337. The molecule has 1 heterocycles. The minimum atomic E-state index is -0.346. The van der Waals surface area contributed by atoms with Gasteiger partial charge < -0.3 is 4.74 Å². The van der Waals surface area contributed by atoms with Gasteiger partial charge in [-0.3, -0.25) is 0 Å². The van der Waals surface area contributed by atoms with Crippen molar-refractivity contribution in [2.75, 3.05) is 6.61 Å². The Bertz CT molecular complexity index is 274. The lowest BCUT2D eigenvalue weighted by molar-refractivity contribution is 0.0511. The van der Waals surface area contributed by atoms with Crippen molar-refractivity contribution in [1.82, 2.24) is 4.37 Å². The van der Waals surface area contributed by atoms with Crippen molar-refractivity contribution in [3.8, 4) is 0 Å². The van der Waals surface area contributed by atoms with E-state index in [1.807, 2.05) is 6.92 Å². The normalized spacial score (nSPS) is 9.83. The SMILES string of the molecule is CCCOC(=O)c1cc(Cl)ns1. The molecule has 0 aromatic carbocycles. The third-order valence-corrected chi connectivity index (χ3v) is 2.18. The molecule has 12 heavy (non-hydrogen) atoms. The van der Waals surface area contributed by atoms with Crippen molar-refractivity contribution in [2.45, 2.75) is 13.3 Å². The van der Waals surface area contributed by atoms with Crippen molar-refractivity contribution < 1.29 is 9.53 Å². The topological polar surface area (TPSA) is 39.2 Å². The van der Waals surface area contributed by atoms with Gasteiger partial charge in [0, 0.05) is 6.07 Å². The number of hydrogen-bond acceptors (Lipinski definition) is 4. The number of rotatable bonds is 3. The predicted octanol–water partition coefficient (Wildman–Crippen LogP) is 2.36. The number of nitrogens with zero attached hydrogens (tertiary/aromatic N) is 1. The Hall–Kier alpha value is -0.610. The van der Waals surface area contributed by atoms with E-state index in [0.29, 0.717) is 16.6 Å². The molecule has 0 fully saturated rings. The molecule has 1 rings (SSSR count).